The standard InChI is InChI=1S/C20H37N3O/c1-4-6-7-8-9-10-11-12-13-14-20-22-16-18-23(20,5-2)17-15-21-19(3)24/h9-10,16,18,20,22H,4-8,11-15,17H2,1-3H3/p+1/b10-9+. The first-order chi connectivity index (χ1) is 11.6. The minimum absolute atomic E-state index is 0.0580. The van der Waals surface area contributed by atoms with Crippen LogP contribution in [0.2, 0.25) is 0 Å². The van der Waals surface area contributed by atoms with Crippen molar-refractivity contribution in [2.75, 3.05) is 19.6 Å². The van der Waals surface area contributed by atoms with E-state index in [0.29, 0.717) is 6.17 Å². The SMILES string of the molecule is CCCCC/C=C/CCCCC1NC=C[N+]1(CC)CCNC(C)=O. The molecule has 0 aromatic rings. The number of likely N-dealkylation sites (N-methyl/N-ethyl adjacent to an activating group) is 1. The Bertz CT molecular complexity index is 406. The molecule has 1 aliphatic rings. The van der Waals surface area contributed by atoms with Gasteiger partial charge in [0.2, 0.25) is 5.91 Å². The zero-order chi connectivity index (χ0) is 17.7. The topological polar surface area (TPSA) is 41.1 Å². The molecule has 1 amide bonds. The van der Waals surface area contributed by atoms with Gasteiger partial charge in [0.15, 0.2) is 6.17 Å². The van der Waals surface area contributed by atoms with Crippen molar-refractivity contribution in [1.29, 1.82) is 0 Å². The van der Waals surface area contributed by atoms with Gasteiger partial charge in [-0.25, -0.2) is 0 Å². The smallest absolute Gasteiger partial charge is 0.217 e. The summed E-state index contributed by atoms with van der Waals surface area (Å²) < 4.78 is 0.938. The quantitative estimate of drug-likeness (QED) is 0.302. The van der Waals surface area contributed by atoms with Crippen molar-refractivity contribution in [3.05, 3.63) is 24.6 Å². The number of amides is 1. The number of allylic oxidation sites excluding steroid dienone is 2. The molecule has 0 bridgehead atoms. The van der Waals surface area contributed by atoms with E-state index in [1.807, 2.05) is 0 Å². The number of hydrogen-bond donors (Lipinski definition) is 2. The predicted molar refractivity (Wildman–Crippen MR) is 102 cm³/mol. The molecule has 0 spiro atoms. The lowest BCUT2D eigenvalue weighted by Crippen LogP contribution is -2.55. The molecule has 1 rings (SSSR count). The minimum atomic E-state index is 0.0580. The third-order valence-corrected chi connectivity index (χ3v) is 5.01. The van der Waals surface area contributed by atoms with E-state index >= 15 is 0 Å². The average Bonchev–Trinajstić information content (AvgIpc) is 2.96. The molecular weight excluding hydrogens is 298 g/mol. The van der Waals surface area contributed by atoms with E-state index in [-0.39, 0.29) is 5.91 Å². The number of rotatable bonds is 13. The van der Waals surface area contributed by atoms with Crippen LogP contribution in [0, 0.1) is 0 Å². The van der Waals surface area contributed by atoms with E-state index in [4.69, 9.17) is 0 Å². The van der Waals surface area contributed by atoms with E-state index < -0.39 is 0 Å². The summed E-state index contributed by atoms with van der Waals surface area (Å²) in [5, 5.41) is 6.45. The van der Waals surface area contributed by atoms with Crippen LogP contribution in [0.5, 0.6) is 0 Å². The van der Waals surface area contributed by atoms with Gasteiger partial charge in [0.05, 0.1) is 19.3 Å². The van der Waals surface area contributed by atoms with Crippen LogP contribution in [0.3, 0.4) is 0 Å². The normalized spacial score (nSPS) is 22.9. The monoisotopic (exact) mass is 336 g/mol. The van der Waals surface area contributed by atoms with Crippen molar-refractivity contribution in [3.63, 3.8) is 0 Å². The van der Waals surface area contributed by atoms with Crippen LogP contribution in [0.1, 0.15) is 72.1 Å². The van der Waals surface area contributed by atoms with Crippen LogP contribution in [-0.4, -0.2) is 36.2 Å². The van der Waals surface area contributed by atoms with E-state index in [9.17, 15) is 4.79 Å². The van der Waals surface area contributed by atoms with Gasteiger partial charge in [0.25, 0.3) is 0 Å². The van der Waals surface area contributed by atoms with Crippen molar-refractivity contribution in [1.82, 2.24) is 10.6 Å². The summed E-state index contributed by atoms with van der Waals surface area (Å²) in [5.41, 5.74) is 0. The highest BCUT2D eigenvalue weighted by Gasteiger charge is 2.35. The average molecular weight is 337 g/mol. The molecule has 1 aliphatic heterocycles. The van der Waals surface area contributed by atoms with Gasteiger partial charge < -0.3 is 10.6 Å². The van der Waals surface area contributed by atoms with E-state index in [0.717, 1.165) is 24.1 Å². The molecule has 0 aromatic heterocycles. The first-order valence-corrected chi connectivity index (χ1v) is 9.84. The molecule has 1 heterocycles. The highest BCUT2D eigenvalue weighted by Crippen LogP contribution is 2.22. The molecule has 4 nitrogen and oxygen atoms in total. The summed E-state index contributed by atoms with van der Waals surface area (Å²) in [4.78, 5) is 11.1. The van der Waals surface area contributed by atoms with Crippen molar-refractivity contribution in [3.8, 4) is 0 Å². The minimum Gasteiger partial charge on any atom is -0.351 e. The first kappa shape index (κ1) is 20.8. The fraction of sp³-hybridized carbons (Fsp3) is 0.750. The lowest BCUT2D eigenvalue weighted by Gasteiger charge is -2.37. The largest absolute Gasteiger partial charge is 0.351 e. The Labute approximate surface area is 149 Å². The highest BCUT2D eigenvalue weighted by atomic mass is 16.1. The Morgan fingerprint density at radius 1 is 1.17 bits per heavy atom. The molecule has 0 radical (unpaired) electrons. The van der Waals surface area contributed by atoms with E-state index in [1.54, 1.807) is 6.92 Å². The van der Waals surface area contributed by atoms with Crippen LogP contribution >= 0.6 is 0 Å². The number of nitrogens with zero attached hydrogens (tertiary/aromatic N) is 1. The molecule has 4 heteroatoms. The summed E-state index contributed by atoms with van der Waals surface area (Å²) in [6.07, 6.45) is 19.6. The second-order valence-electron chi connectivity index (χ2n) is 6.88. The molecule has 2 unspecified atom stereocenters. The molecule has 0 fully saturated rings. The maximum atomic E-state index is 11.1. The number of carbonyl (C=O) groups excluding carboxylic acids is 1. The second-order valence-corrected chi connectivity index (χ2v) is 6.88. The summed E-state index contributed by atoms with van der Waals surface area (Å²) in [5.74, 6) is 0.0580. The van der Waals surface area contributed by atoms with E-state index in [2.05, 4.69) is 49.0 Å². The zero-order valence-corrected chi connectivity index (χ0v) is 16.0. The van der Waals surface area contributed by atoms with Gasteiger partial charge in [-0.15, -0.1) is 0 Å². The number of quaternary nitrogens is 1. The van der Waals surface area contributed by atoms with Crippen molar-refractivity contribution in [2.45, 2.75) is 78.3 Å². The highest BCUT2D eigenvalue weighted by molar-refractivity contribution is 5.72. The van der Waals surface area contributed by atoms with Gasteiger partial charge in [-0.2, -0.15) is 0 Å². The summed E-state index contributed by atoms with van der Waals surface area (Å²) in [6, 6.07) is 0. The Balaban J connectivity index is 2.24. The third kappa shape index (κ3) is 7.52. The predicted octanol–water partition coefficient (Wildman–Crippen LogP) is 4.06. The lowest BCUT2D eigenvalue weighted by atomic mass is 10.1. The maximum Gasteiger partial charge on any atom is 0.217 e. The van der Waals surface area contributed by atoms with Crippen molar-refractivity contribution in [2.24, 2.45) is 0 Å². The molecule has 2 N–H and O–H groups in total. The Kier molecular flexibility index (Phi) is 10.5. The second kappa shape index (κ2) is 12.1. The molecule has 0 aliphatic carbocycles. The van der Waals surface area contributed by atoms with Crippen LogP contribution in [0.4, 0.5) is 0 Å². The number of nitrogens with one attached hydrogen (secondary N) is 2. The van der Waals surface area contributed by atoms with Gasteiger partial charge in [-0.05, 0) is 39.0 Å². The van der Waals surface area contributed by atoms with Gasteiger partial charge in [-0.3, -0.25) is 9.28 Å². The molecule has 0 aromatic carbocycles. The molecule has 138 valence electrons. The first-order valence-electron chi connectivity index (χ1n) is 9.84. The van der Waals surface area contributed by atoms with Gasteiger partial charge in [-0.1, -0.05) is 31.9 Å². The Hall–Kier alpha value is -1.29. The van der Waals surface area contributed by atoms with E-state index in [1.165, 1.54) is 51.4 Å². The molecular formula is C20H38N3O+. The Morgan fingerprint density at radius 3 is 2.50 bits per heavy atom. The fourth-order valence-corrected chi connectivity index (χ4v) is 3.40. The number of unbranched alkanes of at least 4 members (excludes halogenated alkanes) is 5. The van der Waals surface area contributed by atoms with Crippen LogP contribution in [0.25, 0.3) is 0 Å². The maximum absolute atomic E-state index is 11.1. The lowest BCUT2D eigenvalue weighted by molar-refractivity contribution is -0.898. The van der Waals surface area contributed by atoms with Crippen LogP contribution in [0.15, 0.2) is 24.6 Å². The van der Waals surface area contributed by atoms with Crippen LogP contribution < -0.4 is 10.6 Å². The number of hydrogen-bond acceptors (Lipinski definition) is 2. The van der Waals surface area contributed by atoms with Crippen molar-refractivity contribution >= 4 is 5.91 Å². The summed E-state index contributed by atoms with van der Waals surface area (Å²) >= 11 is 0. The summed E-state index contributed by atoms with van der Waals surface area (Å²) in [7, 11) is 0. The third-order valence-electron chi connectivity index (χ3n) is 5.01. The van der Waals surface area contributed by atoms with Crippen LogP contribution in [-0.2, 0) is 4.79 Å². The molecule has 0 saturated heterocycles. The van der Waals surface area contributed by atoms with Crippen molar-refractivity contribution < 1.29 is 9.28 Å². The molecule has 2 atom stereocenters. The molecule has 24 heavy (non-hydrogen) atoms. The Morgan fingerprint density at radius 2 is 1.88 bits per heavy atom. The van der Waals surface area contributed by atoms with Gasteiger partial charge >= 0.3 is 0 Å². The number of carbonyl (C=O) groups is 1. The van der Waals surface area contributed by atoms with Gasteiger partial charge in [0.1, 0.15) is 12.7 Å². The summed E-state index contributed by atoms with van der Waals surface area (Å²) in [6.45, 7) is 8.83. The molecule has 0 saturated carbocycles. The zero-order valence-electron chi connectivity index (χ0n) is 16.0. The van der Waals surface area contributed by atoms with Gasteiger partial charge in [0, 0.05) is 13.3 Å². The fourth-order valence-electron chi connectivity index (χ4n) is 3.40.